The number of carbonyl (C=O) groups excluding carboxylic acids is 1. The van der Waals surface area contributed by atoms with Crippen molar-refractivity contribution >= 4 is 11.6 Å². The van der Waals surface area contributed by atoms with E-state index in [1.54, 1.807) is 0 Å². The molecule has 2 atom stereocenters. The van der Waals surface area contributed by atoms with Gasteiger partial charge in [-0.15, -0.1) is 0 Å². The predicted octanol–water partition coefficient (Wildman–Crippen LogP) is 4.43. The van der Waals surface area contributed by atoms with Crippen molar-refractivity contribution in [3.8, 4) is 11.5 Å². The Balaban J connectivity index is 1.33. The number of carbonyl (C=O) groups is 1. The Bertz CT molecular complexity index is 876. The molecule has 5 nitrogen and oxygen atoms in total. The van der Waals surface area contributed by atoms with Crippen LogP contribution in [-0.4, -0.2) is 37.7 Å². The molecule has 2 fully saturated rings. The second-order valence-corrected chi connectivity index (χ2v) is 8.43. The maximum Gasteiger partial charge on any atom is 0.227 e. The molecule has 30 heavy (non-hydrogen) atoms. The molecule has 1 heterocycles. The van der Waals surface area contributed by atoms with Crippen molar-refractivity contribution in [3.05, 3.63) is 53.6 Å². The fourth-order valence-electron chi connectivity index (χ4n) is 3.98. The Labute approximate surface area is 179 Å². The first-order valence-corrected chi connectivity index (χ1v) is 11.1. The normalized spacial score (nSPS) is 19.4. The molecule has 2 aromatic rings. The van der Waals surface area contributed by atoms with E-state index in [4.69, 9.17) is 9.47 Å². The second kappa shape index (κ2) is 8.99. The fourth-order valence-corrected chi connectivity index (χ4v) is 3.98. The van der Waals surface area contributed by atoms with Crippen LogP contribution in [-0.2, 0) is 4.79 Å². The number of hydrogen-bond acceptors (Lipinski definition) is 4. The first-order chi connectivity index (χ1) is 14.5. The minimum atomic E-state index is -0.157. The van der Waals surface area contributed by atoms with Gasteiger partial charge in [-0.1, -0.05) is 12.1 Å². The molecule has 4 rings (SSSR count). The van der Waals surface area contributed by atoms with E-state index in [1.807, 2.05) is 38.1 Å². The van der Waals surface area contributed by atoms with Crippen LogP contribution in [0.2, 0.25) is 0 Å². The topological polar surface area (TPSA) is 50.8 Å². The van der Waals surface area contributed by atoms with Crippen molar-refractivity contribution in [2.24, 2.45) is 0 Å². The average molecular weight is 409 g/mol. The van der Waals surface area contributed by atoms with Crippen LogP contribution >= 0.6 is 0 Å². The number of nitrogens with one attached hydrogen (secondary N) is 1. The first kappa shape index (κ1) is 20.6. The zero-order chi connectivity index (χ0) is 21.1. The molecule has 0 aromatic heterocycles. The van der Waals surface area contributed by atoms with Crippen LogP contribution in [0.4, 0.5) is 5.69 Å². The minimum Gasteiger partial charge on any atom is -0.490 e. The Hall–Kier alpha value is -2.69. The zero-order valence-electron chi connectivity index (χ0n) is 18.2. The van der Waals surface area contributed by atoms with Crippen LogP contribution < -0.4 is 19.7 Å². The zero-order valence-corrected chi connectivity index (χ0v) is 18.2. The van der Waals surface area contributed by atoms with E-state index >= 15 is 0 Å². The molecule has 1 N–H and O–H groups in total. The van der Waals surface area contributed by atoms with Gasteiger partial charge in [0.1, 0.15) is 17.6 Å². The van der Waals surface area contributed by atoms with Gasteiger partial charge in [0.15, 0.2) is 0 Å². The lowest BCUT2D eigenvalue weighted by molar-refractivity contribution is -0.122. The Morgan fingerprint density at radius 2 is 1.77 bits per heavy atom. The number of likely N-dealkylation sites (N-methyl/N-ethyl adjacent to an activating group) is 1. The summed E-state index contributed by atoms with van der Waals surface area (Å²) in [7, 11) is 0. The van der Waals surface area contributed by atoms with E-state index in [-0.39, 0.29) is 17.9 Å². The maximum atomic E-state index is 12.0. The molecule has 0 bridgehead atoms. The van der Waals surface area contributed by atoms with E-state index in [2.05, 4.69) is 35.3 Å². The van der Waals surface area contributed by atoms with Crippen LogP contribution in [0.25, 0.3) is 0 Å². The van der Waals surface area contributed by atoms with E-state index in [0.29, 0.717) is 12.6 Å². The summed E-state index contributed by atoms with van der Waals surface area (Å²) >= 11 is 0. The molecular weight excluding hydrogens is 376 g/mol. The number of amides is 1. The van der Waals surface area contributed by atoms with Gasteiger partial charge in [0, 0.05) is 25.2 Å². The summed E-state index contributed by atoms with van der Waals surface area (Å²) in [6, 6.07) is 14.3. The minimum absolute atomic E-state index is 0.0570. The van der Waals surface area contributed by atoms with Gasteiger partial charge in [0.25, 0.3) is 0 Å². The highest BCUT2D eigenvalue weighted by molar-refractivity contribution is 5.83. The third-order valence-electron chi connectivity index (χ3n) is 5.91. The number of aryl methyl sites for hydroxylation is 1. The molecule has 2 aromatic carbocycles. The van der Waals surface area contributed by atoms with E-state index in [1.165, 1.54) is 24.1 Å². The molecule has 0 radical (unpaired) electrons. The third kappa shape index (κ3) is 4.89. The quantitative estimate of drug-likeness (QED) is 0.702. The molecule has 1 aliphatic carbocycles. The molecule has 1 saturated heterocycles. The van der Waals surface area contributed by atoms with E-state index in [0.717, 1.165) is 36.6 Å². The van der Waals surface area contributed by atoms with Gasteiger partial charge < -0.3 is 19.7 Å². The van der Waals surface area contributed by atoms with Gasteiger partial charge in [0.05, 0.1) is 18.6 Å². The Morgan fingerprint density at radius 1 is 1.07 bits per heavy atom. The second-order valence-electron chi connectivity index (χ2n) is 8.43. The molecular formula is C25H32N2O3. The Kier molecular flexibility index (Phi) is 6.16. The van der Waals surface area contributed by atoms with Gasteiger partial charge in [-0.2, -0.15) is 0 Å². The maximum absolute atomic E-state index is 12.0. The third-order valence-corrected chi connectivity index (χ3v) is 5.91. The van der Waals surface area contributed by atoms with Gasteiger partial charge in [0.2, 0.25) is 5.91 Å². The number of benzene rings is 2. The Morgan fingerprint density at radius 3 is 2.43 bits per heavy atom. The van der Waals surface area contributed by atoms with Crippen LogP contribution in [0.1, 0.15) is 50.2 Å². The van der Waals surface area contributed by atoms with Gasteiger partial charge in [-0.25, -0.2) is 0 Å². The number of anilines is 1. The lowest BCUT2D eigenvalue weighted by Crippen LogP contribution is -2.27. The molecule has 1 aliphatic heterocycles. The number of ether oxygens (including phenoxy) is 2. The summed E-state index contributed by atoms with van der Waals surface area (Å²) in [5.74, 6) is 1.74. The molecule has 1 amide bonds. The van der Waals surface area contributed by atoms with Crippen LogP contribution in [0.3, 0.4) is 0 Å². The van der Waals surface area contributed by atoms with Crippen molar-refractivity contribution in [1.29, 1.82) is 0 Å². The SMILES string of the molecule is CCNC(=O)C(C)c1ccc(OC2CCN(c3ccc(OC4CC4)cc3C)C2)cc1. The van der Waals surface area contributed by atoms with Crippen LogP contribution in [0.15, 0.2) is 42.5 Å². The first-order valence-electron chi connectivity index (χ1n) is 11.1. The molecule has 2 unspecified atom stereocenters. The van der Waals surface area contributed by atoms with Crippen molar-refractivity contribution in [3.63, 3.8) is 0 Å². The van der Waals surface area contributed by atoms with E-state index < -0.39 is 0 Å². The lowest BCUT2D eigenvalue weighted by Gasteiger charge is -2.22. The number of hydrogen-bond donors (Lipinski definition) is 1. The summed E-state index contributed by atoms with van der Waals surface area (Å²) in [4.78, 5) is 14.4. The highest BCUT2D eigenvalue weighted by atomic mass is 16.5. The van der Waals surface area contributed by atoms with Gasteiger partial charge in [-0.3, -0.25) is 4.79 Å². The largest absolute Gasteiger partial charge is 0.490 e. The van der Waals surface area contributed by atoms with Crippen molar-refractivity contribution < 1.29 is 14.3 Å². The van der Waals surface area contributed by atoms with Crippen molar-refractivity contribution in [1.82, 2.24) is 5.32 Å². The number of rotatable bonds is 8. The lowest BCUT2D eigenvalue weighted by atomic mass is 10.0. The standard InChI is InChI=1S/C25H32N2O3/c1-4-26-25(28)18(3)19-5-7-20(8-6-19)30-23-13-14-27(16-23)24-12-11-22(15-17(24)2)29-21-9-10-21/h5-8,11-12,15,18,21,23H,4,9-10,13-14,16H2,1-3H3,(H,26,28). The summed E-state index contributed by atoms with van der Waals surface area (Å²) in [5, 5.41) is 2.87. The van der Waals surface area contributed by atoms with Crippen molar-refractivity contribution in [2.75, 3.05) is 24.5 Å². The van der Waals surface area contributed by atoms with Crippen molar-refractivity contribution in [2.45, 2.75) is 58.2 Å². The molecule has 160 valence electrons. The van der Waals surface area contributed by atoms with Gasteiger partial charge >= 0.3 is 0 Å². The summed E-state index contributed by atoms with van der Waals surface area (Å²) in [6.07, 6.45) is 3.94. The van der Waals surface area contributed by atoms with E-state index in [9.17, 15) is 4.79 Å². The highest BCUT2D eigenvalue weighted by Crippen LogP contribution is 2.32. The summed E-state index contributed by atoms with van der Waals surface area (Å²) < 4.78 is 12.1. The van der Waals surface area contributed by atoms with Crippen LogP contribution in [0, 0.1) is 6.92 Å². The smallest absolute Gasteiger partial charge is 0.227 e. The molecule has 0 spiro atoms. The number of nitrogens with zero attached hydrogens (tertiary/aromatic N) is 1. The fraction of sp³-hybridized carbons (Fsp3) is 0.480. The highest BCUT2D eigenvalue weighted by Gasteiger charge is 2.27. The summed E-state index contributed by atoms with van der Waals surface area (Å²) in [5.41, 5.74) is 3.51. The molecule has 5 heteroatoms. The van der Waals surface area contributed by atoms with Gasteiger partial charge in [-0.05, 0) is 75.1 Å². The van der Waals surface area contributed by atoms with Crippen LogP contribution in [0.5, 0.6) is 11.5 Å². The average Bonchev–Trinajstić information content (AvgIpc) is 3.44. The molecule has 2 aliphatic rings. The molecule has 1 saturated carbocycles. The monoisotopic (exact) mass is 408 g/mol. The predicted molar refractivity (Wildman–Crippen MR) is 120 cm³/mol. The summed E-state index contributed by atoms with van der Waals surface area (Å²) in [6.45, 7) is 8.53.